The van der Waals surface area contributed by atoms with E-state index in [9.17, 15) is 9.18 Å². The molecule has 100 valence electrons. The Morgan fingerprint density at radius 3 is 2.68 bits per heavy atom. The minimum Gasteiger partial charge on any atom is -0.462 e. The lowest BCUT2D eigenvalue weighted by atomic mass is 10.0. The topological polar surface area (TPSA) is 53.3 Å². The second-order valence-corrected chi connectivity index (χ2v) is 4.03. The monoisotopic (exact) mass is 262 g/mol. The third-order valence-electron chi connectivity index (χ3n) is 2.27. The lowest BCUT2D eigenvalue weighted by molar-refractivity contribution is -0.136. The summed E-state index contributed by atoms with van der Waals surface area (Å²) in [5.74, 6) is -1.22. The highest BCUT2D eigenvalue weighted by Gasteiger charge is 2.17. The molecule has 0 fully saturated rings. The Hall–Kier alpha value is -2.35. The molecule has 0 heterocycles. The van der Waals surface area contributed by atoms with Gasteiger partial charge in [0.15, 0.2) is 0 Å². The Bertz CT molecular complexity index is 545. The summed E-state index contributed by atoms with van der Waals surface area (Å²) in [6.07, 6.45) is 1.49. The Kier molecular flexibility index (Phi) is 5.07. The molecule has 0 aliphatic carbocycles. The molecule has 4 nitrogen and oxygen atoms in total. The number of benzene rings is 1. The van der Waals surface area contributed by atoms with E-state index < -0.39 is 11.8 Å². The molecule has 1 aromatic carbocycles. The van der Waals surface area contributed by atoms with Crippen LogP contribution in [0.2, 0.25) is 0 Å². The van der Waals surface area contributed by atoms with Crippen molar-refractivity contribution in [2.24, 2.45) is 0 Å². The number of esters is 1. The van der Waals surface area contributed by atoms with Gasteiger partial charge in [-0.2, -0.15) is 5.26 Å². The number of nitrogens with zero attached hydrogens (tertiary/aromatic N) is 2. The van der Waals surface area contributed by atoms with E-state index in [0.717, 1.165) is 6.07 Å². The van der Waals surface area contributed by atoms with Crippen molar-refractivity contribution in [1.82, 2.24) is 4.90 Å². The van der Waals surface area contributed by atoms with Gasteiger partial charge in [0.05, 0.1) is 23.8 Å². The molecule has 0 N–H and O–H groups in total. The molecule has 0 aliphatic rings. The Labute approximate surface area is 111 Å². The molecule has 0 saturated heterocycles. The molecule has 0 saturated carbocycles. The Morgan fingerprint density at radius 2 is 2.21 bits per heavy atom. The zero-order valence-electron chi connectivity index (χ0n) is 11.1. The fraction of sp³-hybridized carbons (Fsp3) is 0.286. The predicted octanol–water partition coefficient (Wildman–Crippen LogP) is 2.16. The van der Waals surface area contributed by atoms with Crippen LogP contribution in [0, 0.1) is 17.1 Å². The molecule has 1 rings (SSSR count). The van der Waals surface area contributed by atoms with Crippen molar-refractivity contribution in [1.29, 1.82) is 5.26 Å². The van der Waals surface area contributed by atoms with Gasteiger partial charge in [-0.25, -0.2) is 9.18 Å². The number of ether oxygens (including phenoxy) is 1. The highest BCUT2D eigenvalue weighted by molar-refractivity contribution is 6.16. The summed E-state index contributed by atoms with van der Waals surface area (Å²) >= 11 is 0. The van der Waals surface area contributed by atoms with Gasteiger partial charge in [-0.05, 0) is 25.1 Å². The van der Waals surface area contributed by atoms with Gasteiger partial charge in [0, 0.05) is 25.9 Å². The van der Waals surface area contributed by atoms with E-state index in [2.05, 4.69) is 0 Å². The molecule has 0 aliphatic heterocycles. The van der Waals surface area contributed by atoms with Crippen LogP contribution in [-0.4, -0.2) is 31.6 Å². The molecule has 0 aromatic heterocycles. The van der Waals surface area contributed by atoms with Crippen molar-refractivity contribution in [3.05, 3.63) is 41.3 Å². The number of nitriles is 1. The SMILES string of the molecule is CCOC(=O)/C(=C\N(C)C)c1ccc(C#N)cc1F. The molecular formula is C14H15FN2O2. The van der Waals surface area contributed by atoms with E-state index in [1.54, 1.807) is 25.9 Å². The fourth-order valence-corrected chi connectivity index (χ4v) is 1.50. The third kappa shape index (κ3) is 3.81. The molecule has 0 bridgehead atoms. The molecule has 0 amide bonds. The van der Waals surface area contributed by atoms with Crippen LogP contribution in [0.3, 0.4) is 0 Å². The lowest BCUT2D eigenvalue weighted by Crippen LogP contribution is -2.12. The van der Waals surface area contributed by atoms with Crippen LogP contribution in [0.25, 0.3) is 5.57 Å². The van der Waals surface area contributed by atoms with Gasteiger partial charge < -0.3 is 9.64 Å². The zero-order chi connectivity index (χ0) is 14.4. The van der Waals surface area contributed by atoms with Crippen LogP contribution in [0.1, 0.15) is 18.1 Å². The van der Waals surface area contributed by atoms with Crippen LogP contribution in [0.5, 0.6) is 0 Å². The van der Waals surface area contributed by atoms with Gasteiger partial charge in [0.25, 0.3) is 0 Å². The fourth-order valence-electron chi connectivity index (χ4n) is 1.50. The number of hydrogen-bond donors (Lipinski definition) is 0. The first-order chi connectivity index (χ1) is 8.99. The van der Waals surface area contributed by atoms with Crippen molar-refractivity contribution in [3.8, 4) is 6.07 Å². The van der Waals surface area contributed by atoms with Gasteiger partial charge >= 0.3 is 5.97 Å². The third-order valence-corrected chi connectivity index (χ3v) is 2.27. The minimum atomic E-state index is -0.625. The smallest absolute Gasteiger partial charge is 0.340 e. The maximum Gasteiger partial charge on any atom is 0.340 e. The summed E-state index contributed by atoms with van der Waals surface area (Å²) in [6, 6.07) is 5.80. The van der Waals surface area contributed by atoms with Crippen molar-refractivity contribution in [2.45, 2.75) is 6.92 Å². The van der Waals surface area contributed by atoms with Gasteiger partial charge in [-0.3, -0.25) is 0 Å². The number of carbonyl (C=O) groups excluding carboxylic acids is 1. The highest BCUT2D eigenvalue weighted by Crippen LogP contribution is 2.21. The molecule has 0 spiro atoms. The molecular weight excluding hydrogens is 247 g/mol. The van der Waals surface area contributed by atoms with Crippen LogP contribution in [-0.2, 0) is 9.53 Å². The second-order valence-electron chi connectivity index (χ2n) is 4.03. The molecule has 0 radical (unpaired) electrons. The predicted molar refractivity (Wildman–Crippen MR) is 69.4 cm³/mol. The highest BCUT2D eigenvalue weighted by atomic mass is 19.1. The summed E-state index contributed by atoms with van der Waals surface area (Å²) in [4.78, 5) is 13.5. The van der Waals surface area contributed by atoms with Crippen molar-refractivity contribution in [3.63, 3.8) is 0 Å². The molecule has 0 unspecified atom stereocenters. The van der Waals surface area contributed by atoms with E-state index in [0.29, 0.717) is 0 Å². The van der Waals surface area contributed by atoms with Gasteiger partial charge in [-0.1, -0.05) is 0 Å². The molecule has 19 heavy (non-hydrogen) atoms. The van der Waals surface area contributed by atoms with Crippen molar-refractivity contribution >= 4 is 11.5 Å². The van der Waals surface area contributed by atoms with E-state index in [-0.39, 0.29) is 23.3 Å². The van der Waals surface area contributed by atoms with Crippen LogP contribution < -0.4 is 0 Å². The van der Waals surface area contributed by atoms with E-state index in [4.69, 9.17) is 10.00 Å². The summed E-state index contributed by atoms with van der Waals surface area (Å²) in [5, 5.41) is 8.70. The standard InChI is InChI=1S/C14H15FN2O2/c1-4-19-14(18)12(9-17(2)3)11-6-5-10(8-16)7-13(11)15/h5-7,9H,4H2,1-3H3/b12-9-. The van der Waals surface area contributed by atoms with Crippen molar-refractivity contribution < 1.29 is 13.9 Å². The van der Waals surface area contributed by atoms with Crippen LogP contribution in [0.15, 0.2) is 24.4 Å². The van der Waals surface area contributed by atoms with Gasteiger partial charge in [0.1, 0.15) is 5.82 Å². The van der Waals surface area contributed by atoms with E-state index in [1.807, 2.05) is 6.07 Å². The maximum absolute atomic E-state index is 13.9. The van der Waals surface area contributed by atoms with Crippen LogP contribution >= 0.6 is 0 Å². The van der Waals surface area contributed by atoms with Gasteiger partial charge in [0.2, 0.25) is 0 Å². The Balaban J connectivity index is 3.27. The molecule has 1 aromatic rings. The molecule has 5 heteroatoms. The lowest BCUT2D eigenvalue weighted by Gasteiger charge is -2.12. The first kappa shape index (κ1) is 14.7. The first-order valence-electron chi connectivity index (χ1n) is 5.75. The average Bonchev–Trinajstić information content (AvgIpc) is 2.36. The normalized spacial score (nSPS) is 10.8. The summed E-state index contributed by atoms with van der Waals surface area (Å²) < 4.78 is 18.8. The summed E-state index contributed by atoms with van der Waals surface area (Å²) in [5.41, 5.74) is 0.439. The maximum atomic E-state index is 13.9. The number of rotatable bonds is 4. The number of hydrogen-bond acceptors (Lipinski definition) is 4. The quantitative estimate of drug-likeness (QED) is 0.616. The van der Waals surface area contributed by atoms with E-state index >= 15 is 0 Å². The summed E-state index contributed by atoms with van der Waals surface area (Å²) in [6.45, 7) is 1.89. The number of halogens is 1. The van der Waals surface area contributed by atoms with E-state index in [1.165, 1.54) is 18.3 Å². The van der Waals surface area contributed by atoms with Crippen molar-refractivity contribution in [2.75, 3.05) is 20.7 Å². The average molecular weight is 262 g/mol. The number of carbonyl (C=O) groups is 1. The Morgan fingerprint density at radius 1 is 1.53 bits per heavy atom. The second kappa shape index (κ2) is 6.55. The zero-order valence-corrected chi connectivity index (χ0v) is 11.1. The first-order valence-corrected chi connectivity index (χ1v) is 5.75. The minimum absolute atomic E-state index is 0.117. The largest absolute Gasteiger partial charge is 0.462 e. The van der Waals surface area contributed by atoms with Crippen LogP contribution in [0.4, 0.5) is 4.39 Å². The molecule has 0 atom stereocenters. The summed E-state index contributed by atoms with van der Waals surface area (Å²) in [7, 11) is 3.45. The van der Waals surface area contributed by atoms with Gasteiger partial charge in [-0.15, -0.1) is 0 Å².